The van der Waals surface area contributed by atoms with Crippen molar-refractivity contribution < 1.29 is 17.9 Å². The first-order chi connectivity index (χ1) is 8.92. The third kappa shape index (κ3) is 4.80. The zero-order valence-electron chi connectivity index (χ0n) is 10.1. The minimum absolute atomic E-state index is 0.0423. The number of ketones is 1. The number of ether oxygens (including phenoxy) is 1. The predicted molar refractivity (Wildman–Crippen MR) is 79.1 cm³/mol. The molecule has 0 unspecified atom stereocenters. The van der Waals surface area contributed by atoms with E-state index < -0.39 is 10.0 Å². The normalized spacial score (nSPS) is 11.7. The van der Waals surface area contributed by atoms with Gasteiger partial charge in [-0.1, -0.05) is 27.5 Å². The zero-order valence-corrected chi connectivity index (χ0v) is 14.1. The molecule has 1 heterocycles. The van der Waals surface area contributed by atoms with E-state index in [2.05, 4.69) is 20.7 Å². The fourth-order valence-corrected chi connectivity index (χ4v) is 4.61. The molecule has 0 saturated carbocycles. The minimum atomic E-state index is -3.72. The fourth-order valence-electron chi connectivity index (χ4n) is 1.30. The monoisotopic (exact) mass is 389 g/mol. The van der Waals surface area contributed by atoms with E-state index in [0.29, 0.717) is 13.0 Å². The molecule has 0 aliphatic carbocycles. The molecule has 0 radical (unpaired) electrons. The van der Waals surface area contributed by atoms with Crippen LogP contribution in [-0.2, 0) is 14.8 Å². The second-order valence-corrected chi connectivity index (χ2v) is 7.76. The van der Waals surface area contributed by atoms with E-state index in [1.165, 1.54) is 6.07 Å². The van der Waals surface area contributed by atoms with Crippen LogP contribution in [0.5, 0.6) is 0 Å². The van der Waals surface area contributed by atoms with Crippen LogP contribution in [0.4, 0.5) is 0 Å². The second-order valence-electron chi connectivity index (χ2n) is 3.55. The molecule has 1 rings (SSSR count). The Morgan fingerprint density at radius 2 is 2.26 bits per heavy atom. The number of hydrogen-bond acceptors (Lipinski definition) is 5. The van der Waals surface area contributed by atoms with Crippen molar-refractivity contribution in [3.05, 3.63) is 16.0 Å². The van der Waals surface area contributed by atoms with E-state index in [4.69, 9.17) is 16.3 Å². The molecule has 1 aromatic rings. The van der Waals surface area contributed by atoms with E-state index in [1.807, 2.05) is 0 Å². The Labute approximate surface area is 129 Å². The van der Waals surface area contributed by atoms with Crippen molar-refractivity contribution in [1.29, 1.82) is 0 Å². The molecule has 108 valence electrons. The summed E-state index contributed by atoms with van der Waals surface area (Å²) in [6.45, 7) is 0.703. The van der Waals surface area contributed by atoms with Gasteiger partial charge < -0.3 is 4.74 Å². The second kappa shape index (κ2) is 7.70. The highest BCUT2D eigenvalue weighted by Gasteiger charge is 2.25. The van der Waals surface area contributed by atoms with Crippen molar-refractivity contribution in [3.8, 4) is 0 Å². The van der Waals surface area contributed by atoms with E-state index in [0.717, 1.165) is 11.3 Å². The van der Waals surface area contributed by atoms with Crippen LogP contribution in [0.25, 0.3) is 0 Å². The lowest BCUT2D eigenvalue weighted by molar-refractivity contribution is 0.102. The summed E-state index contributed by atoms with van der Waals surface area (Å²) in [6.07, 6.45) is 0.552. The van der Waals surface area contributed by atoms with Gasteiger partial charge in [0.25, 0.3) is 10.0 Å². The topological polar surface area (TPSA) is 72.5 Å². The Morgan fingerprint density at radius 3 is 2.84 bits per heavy atom. The average molecular weight is 391 g/mol. The zero-order chi connectivity index (χ0) is 14.5. The molecular weight excluding hydrogens is 378 g/mol. The first-order valence-corrected chi connectivity index (χ1v) is 9.09. The molecule has 0 amide bonds. The highest BCUT2D eigenvalue weighted by Crippen LogP contribution is 2.31. The maximum atomic E-state index is 12.1. The quantitative estimate of drug-likeness (QED) is 0.420. The molecule has 5 nitrogen and oxygen atoms in total. The summed E-state index contributed by atoms with van der Waals surface area (Å²) in [7, 11) is -2.18. The third-order valence-electron chi connectivity index (χ3n) is 2.15. The Hall–Kier alpha value is 0.01000. The molecule has 0 fully saturated rings. The van der Waals surface area contributed by atoms with Crippen molar-refractivity contribution >= 4 is 54.7 Å². The van der Waals surface area contributed by atoms with Crippen LogP contribution in [0.15, 0.2) is 10.3 Å². The molecule has 0 spiro atoms. The van der Waals surface area contributed by atoms with Gasteiger partial charge in [-0.15, -0.1) is 11.3 Å². The first kappa shape index (κ1) is 17.1. The van der Waals surface area contributed by atoms with Crippen molar-refractivity contribution in [2.75, 3.05) is 25.6 Å². The van der Waals surface area contributed by atoms with Gasteiger partial charge in [0.1, 0.15) is 4.21 Å². The maximum Gasteiger partial charge on any atom is 0.250 e. The van der Waals surface area contributed by atoms with Gasteiger partial charge in [0.15, 0.2) is 5.78 Å². The molecule has 19 heavy (non-hydrogen) atoms. The van der Waals surface area contributed by atoms with E-state index in [9.17, 15) is 13.2 Å². The Bertz CT molecular complexity index is 544. The maximum absolute atomic E-state index is 12.1. The highest BCUT2D eigenvalue weighted by atomic mass is 79.9. The number of rotatable bonds is 8. The Balaban J connectivity index is 2.91. The SMILES string of the molecule is COCCCNS(=O)(=O)c1sc(Cl)cc1C(=O)CBr. The molecule has 0 atom stereocenters. The van der Waals surface area contributed by atoms with Crippen LogP contribution in [-0.4, -0.2) is 39.8 Å². The largest absolute Gasteiger partial charge is 0.385 e. The summed E-state index contributed by atoms with van der Waals surface area (Å²) >= 11 is 9.68. The summed E-state index contributed by atoms with van der Waals surface area (Å²) < 4.78 is 31.6. The number of alkyl halides is 1. The van der Waals surface area contributed by atoms with Crippen molar-refractivity contribution in [3.63, 3.8) is 0 Å². The van der Waals surface area contributed by atoms with Crippen LogP contribution in [0.2, 0.25) is 4.34 Å². The number of nitrogens with one attached hydrogen (secondary N) is 1. The molecule has 1 N–H and O–H groups in total. The highest BCUT2D eigenvalue weighted by molar-refractivity contribution is 9.09. The summed E-state index contributed by atoms with van der Waals surface area (Å²) in [5, 5.41) is 0.0479. The van der Waals surface area contributed by atoms with Crippen LogP contribution < -0.4 is 4.72 Å². The van der Waals surface area contributed by atoms with Crippen molar-refractivity contribution in [2.24, 2.45) is 0 Å². The number of carbonyl (C=O) groups excluding carboxylic acids is 1. The number of sulfonamides is 1. The molecule has 0 aliphatic heterocycles. The lowest BCUT2D eigenvalue weighted by Gasteiger charge is -2.06. The average Bonchev–Trinajstić information content (AvgIpc) is 2.77. The molecule has 0 saturated heterocycles. The van der Waals surface area contributed by atoms with Crippen molar-refractivity contribution in [2.45, 2.75) is 10.6 Å². The van der Waals surface area contributed by atoms with Gasteiger partial charge in [-0.2, -0.15) is 0 Å². The van der Waals surface area contributed by atoms with Crippen LogP contribution in [0.1, 0.15) is 16.8 Å². The smallest absolute Gasteiger partial charge is 0.250 e. The predicted octanol–water partition coefficient (Wildman–Crippen LogP) is 2.29. The Kier molecular flexibility index (Phi) is 6.92. The van der Waals surface area contributed by atoms with E-state index >= 15 is 0 Å². The number of halogens is 2. The number of carbonyl (C=O) groups is 1. The lowest BCUT2D eigenvalue weighted by atomic mass is 10.2. The van der Waals surface area contributed by atoms with Gasteiger partial charge in [0.2, 0.25) is 0 Å². The van der Waals surface area contributed by atoms with E-state index in [1.54, 1.807) is 7.11 Å². The van der Waals surface area contributed by atoms with Crippen molar-refractivity contribution in [1.82, 2.24) is 4.72 Å². The van der Waals surface area contributed by atoms with Crippen LogP contribution in [0, 0.1) is 0 Å². The first-order valence-electron chi connectivity index (χ1n) is 5.29. The van der Waals surface area contributed by atoms with Gasteiger partial charge in [0.05, 0.1) is 15.2 Å². The Morgan fingerprint density at radius 1 is 1.58 bits per heavy atom. The van der Waals surface area contributed by atoms with Gasteiger partial charge in [-0.05, 0) is 12.5 Å². The number of hydrogen-bond donors (Lipinski definition) is 1. The summed E-state index contributed by atoms with van der Waals surface area (Å²) in [4.78, 5) is 11.7. The third-order valence-corrected chi connectivity index (χ3v) is 5.92. The van der Waals surface area contributed by atoms with E-state index in [-0.39, 0.29) is 31.8 Å². The van der Waals surface area contributed by atoms with Gasteiger partial charge >= 0.3 is 0 Å². The van der Waals surface area contributed by atoms with Gasteiger partial charge in [-0.3, -0.25) is 4.79 Å². The molecule has 0 bridgehead atoms. The number of methoxy groups -OCH3 is 1. The lowest BCUT2D eigenvalue weighted by Crippen LogP contribution is -2.26. The molecular formula is C10H13BrClNO4S2. The minimum Gasteiger partial charge on any atom is -0.385 e. The molecule has 9 heteroatoms. The van der Waals surface area contributed by atoms with Gasteiger partial charge in [0, 0.05) is 20.3 Å². The summed E-state index contributed by atoms with van der Waals surface area (Å²) in [6, 6.07) is 1.37. The fraction of sp³-hybridized carbons (Fsp3) is 0.500. The standard InChI is InChI=1S/C10H13BrClNO4S2/c1-17-4-2-3-13-19(15,16)10-7(8(14)6-11)5-9(12)18-10/h5,13H,2-4,6H2,1H3. The summed E-state index contributed by atoms with van der Waals surface area (Å²) in [5.74, 6) is -0.319. The number of Topliss-reactive ketones (excluding diaryl/α,β-unsaturated/α-hetero) is 1. The van der Waals surface area contributed by atoms with Crippen LogP contribution >= 0.6 is 38.9 Å². The molecule has 0 aliphatic rings. The number of thiophene rings is 1. The molecule has 0 aromatic carbocycles. The summed E-state index contributed by atoms with van der Waals surface area (Å²) in [5.41, 5.74) is 0.117. The molecule has 1 aromatic heterocycles. The van der Waals surface area contributed by atoms with Crippen LogP contribution in [0.3, 0.4) is 0 Å². The van der Waals surface area contributed by atoms with Gasteiger partial charge in [-0.25, -0.2) is 13.1 Å².